The summed E-state index contributed by atoms with van der Waals surface area (Å²) in [6.07, 6.45) is 3.28. The average Bonchev–Trinajstić information content (AvgIpc) is 3.47. The molecule has 4 heterocycles. The third kappa shape index (κ3) is 5.56. The van der Waals surface area contributed by atoms with Crippen molar-refractivity contribution in [3.8, 4) is 17.1 Å². The van der Waals surface area contributed by atoms with E-state index in [1.165, 1.54) is 18.7 Å². The van der Waals surface area contributed by atoms with Crippen LogP contribution in [0.2, 0.25) is 0 Å². The molecule has 0 unspecified atom stereocenters. The molecule has 3 aromatic heterocycles. The molecule has 1 fully saturated rings. The molecule has 1 aromatic carbocycles. The predicted molar refractivity (Wildman–Crippen MR) is 156 cm³/mol. The van der Waals surface area contributed by atoms with Crippen molar-refractivity contribution in [3.63, 3.8) is 0 Å². The molecule has 1 aliphatic heterocycles. The number of amides is 2. The highest BCUT2D eigenvalue weighted by Gasteiger charge is 2.43. The number of carbonyl (C=O) groups excluding carboxylic acids is 3. The van der Waals surface area contributed by atoms with Gasteiger partial charge in [0.25, 0.3) is 0 Å². The number of nitrogens with one attached hydrogen (secondary N) is 1. The number of carbonyl (C=O) groups is 3. The molecule has 5 rings (SSSR count). The molecule has 212 valence electrons. The van der Waals surface area contributed by atoms with Crippen LogP contribution < -0.4 is 10.1 Å². The minimum absolute atomic E-state index is 0.0668. The van der Waals surface area contributed by atoms with Gasteiger partial charge in [-0.1, -0.05) is 26.0 Å². The number of nitrogens with zero attached hydrogens (tertiary/aromatic N) is 6. The zero-order valence-corrected chi connectivity index (χ0v) is 25.0. The highest BCUT2D eigenvalue weighted by molar-refractivity contribution is 9.10. The molecule has 0 bridgehead atoms. The van der Waals surface area contributed by atoms with Crippen LogP contribution in [0, 0.1) is 18.8 Å². The number of rotatable bonds is 7. The summed E-state index contributed by atoms with van der Waals surface area (Å²) in [6.45, 7) is 7.63. The summed E-state index contributed by atoms with van der Waals surface area (Å²) in [5, 5.41) is 8.04. The molecule has 2 amide bonds. The number of aromatic nitrogens is 5. The third-order valence-corrected chi connectivity index (χ3v) is 8.06. The maximum atomic E-state index is 13.7. The Morgan fingerprint density at radius 2 is 1.83 bits per heavy atom. The number of ketones is 1. The van der Waals surface area contributed by atoms with Crippen LogP contribution in [0.3, 0.4) is 0 Å². The van der Waals surface area contributed by atoms with Crippen molar-refractivity contribution in [1.82, 2.24) is 29.6 Å². The van der Waals surface area contributed by atoms with Crippen LogP contribution in [0.15, 0.2) is 47.3 Å². The number of Topliss-reactive ketones (excluding diaryl/α,β-unsaturated/α-hetero) is 1. The molecule has 0 radical (unpaired) electrons. The standard InChI is InChI=1S/C29H30BrN7O4/c1-15-6-9-23(30)33-27(15)34-28(40)26-17(3)16(2)13-36(26)24(39)14-37-22-8-7-19(10-21(22)25(35-37)18(4)38)20-11-31-29(41-5)32-12-20/h6-12,16-17,26H,13-14H2,1-5H3,(H,33,34,40)/t16-,17-,26+/m1/s1. The zero-order chi connectivity index (χ0) is 29.4. The van der Waals surface area contributed by atoms with Gasteiger partial charge in [0.2, 0.25) is 11.8 Å². The molecule has 1 aliphatic rings. The lowest BCUT2D eigenvalue weighted by atomic mass is 9.93. The van der Waals surface area contributed by atoms with E-state index < -0.39 is 6.04 Å². The summed E-state index contributed by atoms with van der Waals surface area (Å²) in [5.74, 6) is -0.268. The number of likely N-dealkylation sites (tertiary alicyclic amines) is 1. The topological polar surface area (TPSA) is 132 Å². The summed E-state index contributed by atoms with van der Waals surface area (Å²) < 4.78 is 7.18. The Labute approximate surface area is 245 Å². The maximum absolute atomic E-state index is 13.7. The molecule has 0 aliphatic carbocycles. The largest absolute Gasteiger partial charge is 0.467 e. The van der Waals surface area contributed by atoms with E-state index in [1.807, 2.05) is 45.0 Å². The minimum atomic E-state index is -0.673. The van der Waals surface area contributed by atoms with Crippen LogP contribution in [0.25, 0.3) is 22.0 Å². The van der Waals surface area contributed by atoms with E-state index >= 15 is 0 Å². The molecule has 11 nitrogen and oxygen atoms in total. The van der Waals surface area contributed by atoms with Crippen LogP contribution in [0.1, 0.15) is 36.8 Å². The van der Waals surface area contributed by atoms with Crippen molar-refractivity contribution in [2.45, 2.75) is 40.3 Å². The van der Waals surface area contributed by atoms with E-state index in [2.05, 4.69) is 41.3 Å². The molecule has 4 aromatic rings. The number of hydrogen-bond donors (Lipinski definition) is 1. The second-order valence-electron chi connectivity index (χ2n) is 10.4. The van der Waals surface area contributed by atoms with Gasteiger partial charge in [-0.15, -0.1) is 0 Å². The third-order valence-electron chi connectivity index (χ3n) is 7.62. The maximum Gasteiger partial charge on any atom is 0.316 e. The van der Waals surface area contributed by atoms with Crippen LogP contribution in [-0.4, -0.2) is 66.9 Å². The van der Waals surface area contributed by atoms with Crippen molar-refractivity contribution >= 4 is 50.2 Å². The quantitative estimate of drug-likeness (QED) is 0.239. The van der Waals surface area contributed by atoms with Gasteiger partial charge in [-0.2, -0.15) is 5.10 Å². The monoisotopic (exact) mass is 619 g/mol. The Hall–Kier alpha value is -4.19. The number of hydrogen-bond acceptors (Lipinski definition) is 8. The fourth-order valence-electron chi connectivity index (χ4n) is 5.17. The Morgan fingerprint density at radius 1 is 1.10 bits per heavy atom. The van der Waals surface area contributed by atoms with Gasteiger partial charge >= 0.3 is 6.01 Å². The average molecular weight is 621 g/mol. The van der Waals surface area contributed by atoms with Crippen LogP contribution in [0.5, 0.6) is 6.01 Å². The Morgan fingerprint density at radius 3 is 2.51 bits per heavy atom. The minimum Gasteiger partial charge on any atom is -0.467 e. The fourth-order valence-corrected chi connectivity index (χ4v) is 5.48. The Bertz CT molecular complexity index is 1650. The highest BCUT2D eigenvalue weighted by atomic mass is 79.9. The van der Waals surface area contributed by atoms with Crippen LogP contribution in [0.4, 0.5) is 5.82 Å². The summed E-state index contributed by atoms with van der Waals surface area (Å²) in [4.78, 5) is 54.0. The second kappa shape index (κ2) is 11.4. The van der Waals surface area contributed by atoms with Crippen molar-refractivity contribution in [3.05, 3.63) is 58.6 Å². The number of methoxy groups -OCH3 is 1. The van der Waals surface area contributed by atoms with Crippen LogP contribution in [-0.2, 0) is 16.1 Å². The number of halogens is 1. The van der Waals surface area contributed by atoms with Crippen molar-refractivity contribution in [1.29, 1.82) is 0 Å². The number of anilines is 1. The second-order valence-corrected chi connectivity index (χ2v) is 11.2. The number of pyridine rings is 1. The molecule has 1 saturated heterocycles. The molecule has 0 saturated carbocycles. The first-order chi connectivity index (χ1) is 19.6. The molecule has 0 spiro atoms. The summed E-state index contributed by atoms with van der Waals surface area (Å²) in [5.41, 5.74) is 3.26. The number of aryl methyl sites for hydroxylation is 1. The van der Waals surface area contributed by atoms with E-state index in [0.29, 0.717) is 27.9 Å². The van der Waals surface area contributed by atoms with Gasteiger partial charge < -0.3 is 15.0 Å². The van der Waals surface area contributed by atoms with Gasteiger partial charge in [0.1, 0.15) is 28.7 Å². The lowest BCUT2D eigenvalue weighted by Crippen LogP contribution is -2.46. The van der Waals surface area contributed by atoms with Gasteiger partial charge in [0, 0.05) is 36.8 Å². The molecular weight excluding hydrogens is 590 g/mol. The molecule has 3 atom stereocenters. The van der Waals surface area contributed by atoms with Crippen molar-refractivity contribution in [2.75, 3.05) is 19.0 Å². The first kappa shape index (κ1) is 28.3. The Kier molecular flexibility index (Phi) is 7.85. The van der Waals surface area contributed by atoms with Crippen molar-refractivity contribution in [2.24, 2.45) is 11.8 Å². The fraction of sp³-hybridized carbons (Fsp3) is 0.345. The van der Waals surface area contributed by atoms with Gasteiger partial charge in [-0.3, -0.25) is 19.1 Å². The molecule has 41 heavy (non-hydrogen) atoms. The lowest BCUT2D eigenvalue weighted by Gasteiger charge is -2.26. The van der Waals surface area contributed by atoms with E-state index in [0.717, 1.165) is 16.7 Å². The SMILES string of the molecule is COc1ncc(-c2ccc3c(c2)c(C(C)=O)nn3CC(=O)N2C[C@@H](C)[C@@H](C)[C@H]2C(=O)Nc2nc(Br)ccc2C)cn1. The summed E-state index contributed by atoms with van der Waals surface area (Å²) >= 11 is 3.35. The molecular formula is C29H30BrN7O4. The van der Waals surface area contributed by atoms with Gasteiger partial charge in [-0.25, -0.2) is 15.0 Å². The number of fused-ring (bicyclic) bond motifs is 1. The molecule has 12 heteroatoms. The summed E-state index contributed by atoms with van der Waals surface area (Å²) in [6, 6.07) is 8.78. The first-order valence-corrected chi connectivity index (χ1v) is 14.0. The first-order valence-electron chi connectivity index (χ1n) is 13.2. The highest BCUT2D eigenvalue weighted by Crippen LogP contribution is 2.32. The number of benzene rings is 1. The predicted octanol–water partition coefficient (Wildman–Crippen LogP) is 4.29. The van der Waals surface area contributed by atoms with E-state index in [9.17, 15) is 14.4 Å². The van der Waals surface area contributed by atoms with Gasteiger partial charge in [-0.05, 0) is 64.0 Å². The van der Waals surface area contributed by atoms with E-state index in [1.54, 1.807) is 23.4 Å². The van der Waals surface area contributed by atoms with Gasteiger partial charge in [0.15, 0.2) is 5.78 Å². The number of ether oxygens (including phenoxy) is 1. The van der Waals surface area contributed by atoms with Crippen LogP contribution >= 0.6 is 15.9 Å². The van der Waals surface area contributed by atoms with Crippen molar-refractivity contribution < 1.29 is 19.1 Å². The summed E-state index contributed by atoms with van der Waals surface area (Å²) in [7, 11) is 1.49. The normalized spacial score (nSPS) is 18.5. The smallest absolute Gasteiger partial charge is 0.316 e. The molecule has 1 N–H and O–H groups in total. The Balaban J connectivity index is 1.43. The van der Waals surface area contributed by atoms with E-state index in [4.69, 9.17) is 4.74 Å². The zero-order valence-electron chi connectivity index (χ0n) is 23.4. The lowest BCUT2D eigenvalue weighted by molar-refractivity contribution is -0.138. The van der Waals surface area contributed by atoms with Gasteiger partial charge in [0.05, 0.1) is 12.6 Å². The van der Waals surface area contributed by atoms with E-state index in [-0.39, 0.29) is 47.7 Å².